The molecule has 112 valence electrons. The average Bonchev–Trinajstić information content (AvgIpc) is 2.36. The van der Waals surface area contributed by atoms with Crippen molar-refractivity contribution in [2.24, 2.45) is 4.40 Å². The van der Waals surface area contributed by atoms with E-state index in [1.54, 1.807) is 20.8 Å². The fourth-order valence-corrected chi connectivity index (χ4v) is 2.22. The highest BCUT2D eigenvalue weighted by Crippen LogP contribution is 2.18. The van der Waals surface area contributed by atoms with Crippen molar-refractivity contribution in [3.05, 3.63) is 35.4 Å². The van der Waals surface area contributed by atoms with Crippen LogP contribution in [-0.4, -0.2) is 20.5 Å². The Labute approximate surface area is 125 Å². The van der Waals surface area contributed by atoms with Crippen LogP contribution in [-0.2, 0) is 11.0 Å². The van der Waals surface area contributed by atoms with Gasteiger partial charge in [0.1, 0.15) is 22.6 Å². The summed E-state index contributed by atoms with van der Waals surface area (Å²) in [6.45, 7) is 5.31. The molecule has 0 aromatic heterocycles. The zero-order valence-electron chi connectivity index (χ0n) is 11.8. The predicted octanol–water partition coefficient (Wildman–Crippen LogP) is 4.24. The first-order chi connectivity index (χ1) is 9.25. The number of benzene rings is 1. The minimum Gasteiger partial charge on any atom is -0.234 e. The van der Waals surface area contributed by atoms with Crippen molar-refractivity contribution in [2.45, 2.75) is 38.4 Å². The second-order valence-corrected chi connectivity index (χ2v) is 7.60. The lowest BCUT2D eigenvalue weighted by Gasteiger charge is -2.15. The van der Waals surface area contributed by atoms with Gasteiger partial charge in [0.25, 0.3) is 0 Å². The lowest BCUT2D eigenvalue weighted by molar-refractivity contribution is 0.597. The summed E-state index contributed by atoms with van der Waals surface area (Å²) in [4.78, 5) is 0. The summed E-state index contributed by atoms with van der Waals surface area (Å²) in [5, 5.41) is 0. The van der Waals surface area contributed by atoms with Crippen molar-refractivity contribution >= 4 is 28.3 Å². The van der Waals surface area contributed by atoms with Crippen LogP contribution in [0.2, 0.25) is 0 Å². The Kier molecular flexibility index (Phi) is 6.27. The molecule has 0 bridgehead atoms. The van der Waals surface area contributed by atoms with Crippen LogP contribution in [0.3, 0.4) is 0 Å². The van der Waals surface area contributed by atoms with Crippen LogP contribution < -0.4 is 0 Å². The van der Waals surface area contributed by atoms with E-state index in [1.165, 1.54) is 0 Å². The number of hydrogen-bond acceptors (Lipinski definition) is 1. The largest absolute Gasteiger partial charge is 0.234 e. The van der Waals surface area contributed by atoms with Crippen LogP contribution in [0.5, 0.6) is 0 Å². The highest BCUT2D eigenvalue weighted by Gasteiger charge is 2.21. The lowest BCUT2D eigenvalue weighted by Crippen LogP contribution is -2.21. The smallest absolute Gasteiger partial charge is 0.145 e. The molecule has 1 atom stereocenters. The number of rotatable bonds is 5. The molecule has 0 radical (unpaired) electrons. The van der Waals surface area contributed by atoms with Crippen molar-refractivity contribution in [1.29, 1.82) is 0 Å². The second-order valence-electron chi connectivity index (χ2n) is 5.32. The van der Waals surface area contributed by atoms with Gasteiger partial charge in [0.05, 0.1) is 10.5 Å². The third-order valence-corrected chi connectivity index (χ3v) is 4.20. The molecule has 0 N–H and O–H groups in total. The molecule has 20 heavy (non-hydrogen) atoms. The molecular weight excluding hydrogens is 304 g/mol. The molecule has 6 heteroatoms. The lowest BCUT2D eigenvalue weighted by atomic mass is 10.1. The van der Waals surface area contributed by atoms with Crippen molar-refractivity contribution in [1.82, 2.24) is 0 Å². The molecule has 0 heterocycles. The van der Waals surface area contributed by atoms with Crippen molar-refractivity contribution in [2.75, 3.05) is 5.88 Å². The van der Waals surface area contributed by atoms with E-state index in [0.29, 0.717) is 18.7 Å². The Balaban J connectivity index is 3.21. The topological polar surface area (TPSA) is 29.4 Å². The average molecular weight is 322 g/mol. The minimum atomic E-state index is -1.53. The predicted molar refractivity (Wildman–Crippen MR) is 80.7 cm³/mol. The number of hydrogen-bond donors (Lipinski definition) is 0. The van der Waals surface area contributed by atoms with Gasteiger partial charge in [-0.25, -0.2) is 13.0 Å². The van der Waals surface area contributed by atoms with E-state index in [1.807, 2.05) is 0 Å². The highest BCUT2D eigenvalue weighted by atomic mass is 35.5. The summed E-state index contributed by atoms with van der Waals surface area (Å²) in [7, 11) is -1.53. The fourth-order valence-electron chi connectivity index (χ4n) is 1.42. The van der Waals surface area contributed by atoms with Gasteiger partial charge >= 0.3 is 0 Å². The van der Waals surface area contributed by atoms with Crippen molar-refractivity contribution in [3.8, 4) is 0 Å². The quantitative estimate of drug-likeness (QED) is 0.589. The second kappa shape index (κ2) is 7.27. The highest BCUT2D eigenvalue weighted by molar-refractivity contribution is 7.85. The van der Waals surface area contributed by atoms with Crippen LogP contribution in [0.4, 0.5) is 8.78 Å². The van der Waals surface area contributed by atoms with E-state index in [4.69, 9.17) is 11.6 Å². The molecule has 0 fully saturated rings. The minimum absolute atomic E-state index is 0.0488. The first-order valence-electron chi connectivity index (χ1n) is 6.26. The zero-order valence-corrected chi connectivity index (χ0v) is 13.3. The van der Waals surface area contributed by atoms with Crippen LogP contribution in [0, 0.1) is 11.6 Å². The molecule has 1 unspecified atom stereocenters. The maximum Gasteiger partial charge on any atom is 0.145 e. The number of halogens is 3. The Morgan fingerprint density at radius 3 is 2.55 bits per heavy atom. The molecular formula is C14H18ClF2NOS. The number of alkyl halides is 1. The van der Waals surface area contributed by atoms with Gasteiger partial charge in [-0.1, -0.05) is 0 Å². The van der Waals surface area contributed by atoms with E-state index < -0.39 is 27.4 Å². The van der Waals surface area contributed by atoms with E-state index in [9.17, 15) is 13.0 Å². The summed E-state index contributed by atoms with van der Waals surface area (Å²) in [5.41, 5.74) is 0.337. The van der Waals surface area contributed by atoms with Gasteiger partial charge in [-0.15, -0.1) is 11.6 Å². The van der Waals surface area contributed by atoms with Gasteiger partial charge in [-0.05, 0) is 51.8 Å². The van der Waals surface area contributed by atoms with Gasteiger partial charge in [0.2, 0.25) is 0 Å². The molecule has 0 saturated carbocycles. The van der Waals surface area contributed by atoms with Crippen molar-refractivity contribution in [3.63, 3.8) is 0 Å². The maximum absolute atomic E-state index is 13.8. The normalized spacial score (nSPS) is 14.4. The van der Waals surface area contributed by atoms with Crippen LogP contribution in [0.1, 0.15) is 39.2 Å². The molecule has 0 aliphatic rings. The van der Waals surface area contributed by atoms with Gasteiger partial charge in [0, 0.05) is 11.4 Å². The molecule has 0 spiro atoms. The van der Waals surface area contributed by atoms with Crippen LogP contribution in [0.25, 0.3) is 0 Å². The van der Waals surface area contributed by atoms with Gasteiger partial charge in [-0.3, -0.25) is 0 Å². The summed E-state index contributed by atoms with van der Waals surface area (Å²) < 4.78 is 42.7. The van der Waals surface area contributed by atoms with Crippen LogP contribution in [0.15, 0.2) is 22.6 Å². The Morgan fingerprint density at radius 1 is 1.35 bits per heavy atom. The molecule has 1 aromatic rings. The van der Waals surface area contributed by atoms with Gasteiger partial charge < -0.3 is 0 Å². The first-order valence-corrected chi connectivity index (χ1v) is 7.91. The summed E-state index contributed by atoms with van der Waals surface area (Å²) in [6.07, 6.45) is 0.906. The summed E-state index contributed by atoms with van der Waals surface area (Å²) in [5.74, 6) is -0.759. The Hall–Kier alpha value is -0.810. The molecule has 1 rings (SSSR count). The molecule has 0 aliphatic carbocycles. The summed E-state index contributed by atoms with van der Waals surface area (Å²) >= 11 is 5.63. The first kappa shape index (κ1) is 17.2. The van der Waals surface area contributed by atoms with E-state index >= 15 is 0 Å². The third-order valence-electron chi connectivity index (χ3n) is 2.50. The number of nitrogens with zero attached hydrogens (tertiary/aromatic N) is 1. The zero-order chi connectivity index (χ0) is 15.3. The standard InChI is InChI=1S/C14H18ClF2NOS/c1-14(2,3)20(19)18-13(5-4-8-15)11-9-10(16)6-7-12(11)17/h6-7,9H,4-5,8H2,1-3H3. The monoisotopic (exact) mass is 321 g/mol. The van der Waals surface area contributed by atoms with E-state index in [2.05, 4.69) is 4.40 Å². The van der Waals surface area contributed by atoms with Crippen LogP contribution >= 0.6 is 11.6 Å². The molecule has 0 saturated heterocycles. The van der Waals surface area contributed by atoms with Crippen molar-refractivity contribution < 1.29 is 13.0 Å². The fraction of sp³-hybridized carbons (Fsp3) is 0.500. The summed E-state index contributed by atoms with van der Waals surface area (Å²) in [6, 6.07) is 3.15. The molecule has 0 aliphatic heterocycles. The van der Waals surface area contributed by atoms with Gasteiger partial charge in [-0.2, -0.15) is 4.40 Å². The molecule has 1 aromatic carbocycles. The molecule has 2 nitrogen and oxygen atoms in total. The SMILES string of the molecule is CC(C)(C)S(=O)N=C(CCCCl)c1cc(F)ccc1F. The van der Waals surface area contributed by atoms with E-state index in [-0.39, 0.29) is 11.3 Å². The Morgan fingerprint density at radius 2 is 2.00 bits per heavy atom. The van der Waals surface area contributed by atoms with E-state index in [0.717, 1.165) is 18.2 Å². The third kappa shape index (κ3) is 4.94. The molecule has 0 amide bonds. The van der Waals surface area contributed by atoms with Gasteiger partial charge in [0.15, 0.2) is 0 Å². The Bertz CT molecular complexity index is 526. The maximum atomic E-state index is 13.8.